The quantitative estimate of drug-likeness (QED) is 0.534. The van der Waals surface area contributed by atoms with Crippen LogP contribution in [0.4, 0.5) is 0 Å². The van der Waals surface area contributed by atoms with E-state index in [1.165, 1.54) is 5.57 Å². The van der Waals surface area contributed by atoms with Crippen LogP contribution in [0.5, 0.6) is 0 Å². The highest BCUT2D eigenvalue weighted by Gasteiger charge is 2.11. The third-order valence-corrected chi connectivity index (χ3v) is 2.36. The Morgan fingerprint density at radius 1 is 1.53 bits per heavy atom. The van der Waals surface area contributed by atoms with Gasteiger partial charge in [-0.05, 0) is 19.4 Å². The molecule has 0 atom stereocenters. The Morgan fingerprint density at radius 3 is 2.73 bits per heavy atom. The molecular formula is C13H19NO. The molecule has 0 unspecified atom stereocenters. The second-order valence-electron chi connectivity index (χ2n) is 4.36. The van der Waals surface area contributed by atoms with Crippen molar-refractivity contribution < 1.29 is 4.79 Å². The van der Waals surface area contributed by atoms with Gasteiger partial charge >= 0.3 is 0 Å². The number of hydrogen-bond acceptors (Lipinski definition) is 1. The molecule has 0 aromatic carbocycles. The van der Waals surface area contributed by atoms with Crippen molar-refractivity contribution in [1.29, 1.82) is 0 Å². The van der Waals surface area contributed by atoms with Crippen LogP contribution in [0.3, 0.4) is 0 Å². The van der Waals surface area contributed by atoms with Crippen LogP contribution in [0.15, 0.2) is 30.6 Å². The molecule has 15 heavy (non-hydrogen) atoms. The molecule has 0 saturated heterocycles. The van der Waals surface area contributed by atoms with Crippen LogP contribution in [0.1, 0.15) is 37.6 Å². The Morgan fingerprint density at radius 2 is 2.20 bits per heavy atom. The maximum absolute atomic E-state index is 11.7. The molecule has 1 aromatic heterocycles. The van der Waals surface area contributed by atoms with Gasteiger partial charge in [-0.3, -0.25) is 4.79 Å². The fraction of sp³-hybridized carbons (Fsp3) is 0.462. The number of nitrogens with zero attached hydrogens (tertiary/aromatic N) is 1. The first-order chi connectivity index (χ1) is 7.00. The van der Waals surface area contributed by atoms with Gasteiger partial charge in [-0.1, -0.05) is 19.4 Å². The molecule has 0 N–H and O–H groups in total. The topological polar surface area (TPSA) is 22.0 Å². The third kappa shape index (κ3) is 3.39. The van der Waals surface area contributed by atoms with Crippen LogP contribution in [-0.4, -0.2) is 10.4 Å². The zero-order valence-electron chi connectivity index (χ0n) is 9.79. The number of aryl methyl sites for hydroxylation is 1. The van der Waals surface area contributed by atoms with Crippen molar-refractivity contribution in [3.8, 4) is 0 Å². The van der Waals surface area contributed by atoms with E-state index in [1.807, 2.05) is 43.8 Å². The molecular weight excluding hydrogens is 186 g/mol. The summed E-state index contributed by atoms with van der Waals surface area (Å²) < 4.78 is 2.05. The van der Waals surface area contributed by atoms with Gasteiger partial charge in [-0.15, -0.1) is 6.58 Å². The number of carbonyl (C=O) groups is 1. The smallest absolute Gasteiger partial charge is 0.166 e. The number of rotatable bonds is 5. The van der Waals surface area contributed by atoms with Gasteiger partial charge in [0.05, 0.1) is 0 Å². The lowest BCUT2D eigenvalue weighted by atomic mass is 10.0. The maximum Gasteiger partial charge on any atom is 0.166 e. The Hall–Kier alpha value is -1.31. The van der Waals surface area contributed by atoms with Crippen molar-refractivity contribution in [2.45, 2.75) is 33.7 Å². The number of allylic oxidation sites excluding steroid dienone is 1. The standard InChI is InChI=1S/C13H19NO/c1-10(2)5-7-14-8-6-12(9-14)13(15)11(3)4/h6,8-9,11H,1,5,7H2,2-4H3. The van der Waals surface area contributed by atoms with E-state index in [4.69, 9.17) is 0 Å². The molecule has 1 aromatic rings. The van der Waals surface area contributed by atoms with Gasteiger partial charge in [0, 0.05) is 30.4 Å². The van der Waals surface area contributed by atoms with E-state index in [1.54, 1.807) is 0 Å². The SMILES string of the molecule is C=C(C)CCn1ccc(C(=O)C(C)C)c1. The number of hydrogen-bond donors (Lipinski definition) is 0. The second-order valence-corrected chi connectivity index (χ2v) is 4.36. The first kappa shape index (κ1) is 11.8. The molecule has 0 aliphatic heterocycles. The Labute approximate surface area is 91.6 Å². The summed E-state index contributed by atoms with van der Waals surface area (Å²) in [6.45, 7) is 10.6. The first-order valence-electron chi connectivity index (χ1n) is 5.35. The summed E-state index contributed by atoms with van der Waals surface area (Å²) >= 11 is 0. The molecule has 0 aliphatic rings. The van der Waals surface area contributed by atoms with Crippen molar-refractivity contribution >= 4 is 5.78 Å². The second kappa shape index (κ2) is 4.96. The summed E-state index contributed by atoms with van der Waals surface area (Å²) in [6, 6.07) is 1.89. The minimum Gasteiger partial charge on any atom is -0.353 e. The van der Waals surface area contributed by atoms with E-state index in [2.05, 4.69) is 6.58 Å². The predicted molar refractivity (Wildman–Crippen MR) is 63.0 cm³/mol. The highest BCUT2D eigenvalue weighted by molar-refractivity contribution is 5.97. The Balaban J connectivity index is 2.64. The summed E-state index contributed by atoms with van der Waals surface area (Å²) in [4.78, 5) is 11.7. The maximum atomic E-state index is 11.7. The highest BCUT2D eigenvalue weighted by atomic mass is 16.1. The van der Waals surface area contributed by atoms with Crippen molar-refractivity contribution in [3.05, 3.63) is 36.2 Å². The molecule has 0 bridgehead atoms. The van der Waals surface area contributed by atoms with E-state index in [0.29, 0.717) is 0 Å². The van der Waals surface area contributed by atoms with Crippen LogP contribution in [-0.2, 0) is 6.54 Å². The fourth-order valence-electron chi connectivity index (χ4n) is 1.38. The van der Waals surface area contributed by atoms with E-state index in [-0.39, 0.29) is 11.7 Å². The summed E-state index contributed by atoms with van der Waals surface area (Å²) in [7, 11) is 0. The van der Waals surface area contributed by atoms with E-state index in [9.17, 15) is 4.79 Å². The monoisotopic (exact) mass is 205 g/mol. The molecule has 1 heterocycles. The van der Waals surface area contributed by atoms with Crippen LogP contribution >= 0.6 is 0 Å². The van der Waals surface area contributed by atoms with Gasteiger partial charge in [0.15, 0.2) is 5.78 Å². The molecule has 82 valence electrons. The number of aromatic nitrogens is 1. The number of ketones is 1. The molecule has 1 rings (SSSR count). The molecule has 0 spiro atoms. The van der Waals surface area contributed by atoms with Gasteiger partial charge in [0.1, 0.15) is 0 Å². The number of Topliss-reactive ketones (excluding diaryl/α,β-unsaturated/α-hetero) is 1. The fourth-order valence-corrected chi connectivity index (χ4v) is 1.38. The lowest BCUT2D eigenvalue weighted by Crippen LogP contribution is -2.06. The van der Waals surface area contributed by atoms with E-state index in [0.717, 1.165) is 18.5 Å². The third-order valence-electron chi connectivity index (χ3n) is 2.36. The molecule has 0 aliphatic carbocycles. The average Bonchev–Trinajstić information content (AvgIpc) is 2.61. The summed E-state index contributed by atoms with van der Waals surface area (Å²) in [6.07, 6.45) is 4.84. The van der Waals surface area contributed by atoms with Gasteiger partial charge < -0.3 is 4.57 Å². The van der Waals surface area contributed by atoms with Crippen molar-refractivity contribution in [2.24, 2.45) is 5.92 Å². The van der Waals surface area contributed by atoms with Crippen LogP contribution < -0.4 is 0 Å². The summed E-state index contributed by atoms with van der Waals surface area (Å²) in [5.41, 5.74) is 1.98. The minimum absolute atomic E-state index is 0.0713. The van der Waals surface area contributed by atoms with Gasteiger partial charge in [0.2, 0.25) is 0 Å². The molecule has 0 fully saturated rings. The van der Waals surface area contributed by atoms with Gasteiger partial charge in [-0.2, -0.15) is 0 Å². The molecule has 0 saturated carbocycles. The van der Waals surface area contributed by atoms with Crippen LogP contribution in [0.25, 0.3) is 0 Å². The zero-order chi connectivity index (χ0) is 11.4. The zero-order valence-corrected chi connectivity index (χ0v) is 9.79. The largest absolute Gasteiger partial charge is 0.353 e. The normalized spacial score (nSPS) is 10.7. The Kier molecular flexibility index (Phi) is 3.89. The molecule has 0 radical (unpaired) electrons. The highest BCUT2D eigenvalue weighted by Crippen LogP contribution is 2.10. The lowest BCUT2D eigenvalue weighted by molar-refractivity contribution is 0.0939. The Bertz CT molecular complexity index is 360. The van der Waals surface area contributed by atoms with E-state index >= 15 is 0 Å². The van der Waals surface area contributed by atoms with Crippen LogP contribution in [0.2, 0.25) is 0 Å². The first-order valence-corrected chi connectivity index (χ1v) is 5.35. The van der Waals surface area contributed by atoms with Crippen molar-refractivity contribution in [2.75, 3.05) is 0 Å². The van der Waals surface area contributed by atoms with Crippen molar-refractivity contribution in [3.63, 3.8) is 0 Å². The minimum atomic E-state index is 0.0713. The molecule has 2 nitrogen and oxygen atoms in total. The average molecular weight is 205 g/mol. The summed E-state index contributed by atoms with van der Waals surface area (Å²) in [5.74, 6) is 0.283. The van der Waals surface area contributed by atoms with Gasteiger partial charge in [0.25, 0.3) is 0 Å². The van der Waals surface area contributed by atoms with Crippen molar-refractivity contribution in [1.82, 2.24) is 4.57 Å². The van der Waals surface area contributed by atoms with Gasteiger partial charge in [-0.25, -0.2) is 0 Å². The molecule has 2 heteroatoms. The predicted octanol–water partition coefficient (Wildman–Crippen LogP) is 3.29. The summed E-state index contributed by atoms with van der Waals surface area (Å²) in [5, 5.41) is 0. The number of carbonyl (C=O) groups excluding carboxylic acids is 1. The van der Waals surface area contributed by atoms with Crippen LogP contribution in [0, 0.1) is 5.92 Å². The molecule has 0 amide bonds. The lowest BCUT2D eigenvalue weighted by Gasteiger charge is -2.02. The van der Waals surface area contributed by atoms with E-state index < -0.39 is 0 Å².